The first kappa shape index (κ1) is 14.9. The summed E-state index contributed by atoms with van der Waals surface area (Å²) in [5.74, 6) is 0.105. The molecule has 3 heterocycles. The number of hydrogen-bond acceptors (Lipinski definition) is 6. The number of hydrogen-bond donors (Lipinski definition) is 1. The molecular formula is C14H15N5OS2. The molecule has 0 bridgehead atoms. The fourth-order valence-corrected chi connectivity index (χ4v) is 3.51. The largest absolute Gasteiger partial charge is 0.300 e. The molecule has 0 saturated heterocycles. The number of rotatable bonds is 4. The molecule has 3 rings (SSSR count). The number of carbonyl (C=O) groups excluding carboxylic acids is 1. The Labute approximate surface area is 135 Å². The van der Waals surface area contributed by atoms with Crippen LogP contribution in [0.3, 0.4) is 0 Å². The molecule has 8 heteroatoms. The standard InChI is InChI=1S/C14H15N5OS2/c1-8(2)12-17-18-13(22-12)16-11(20)10-9(3)15-14(21-10)19-6-4-5-7-19/h4-8H,1-3H3,(H,16,18,20). The van der Waals surface area contributed by atoms with Crippen LogP contribution in [-0.2, 0) is 0 Å². The maximum absolute atomic E-state index is 12.4. The zero-order valence-corrected chi connectivity index (χ0v) is 14.0. The van der Waals surface area contributed by atoms with Crippen LogP contribution in [-0.4, -0.2) is 25.7 Å². The van der Waals surface area contributed by atoms with E-state index in [4.69, 9.17) is 0 Å². The minimum atomic E-state index is -0.195. The zero-order chi connectivity index (χ0) is 15.7. The van der Waals surface area contributed by atoms with Crippen molar-refractivity contribution >= 4 is 33.7 Å². The molecule has 0 atom stereocenters. The Morgan fingerprint density at radius 1 is 1.23 bits per heavy atom. The maximum Gasteiger partial charge on any atom is 0.269 e. The van der Waals surface area contributed by atoms with Crippen LogP contribution >= 0.6 is 22.7 Å². The molecule has 1 amide bonds. The van der Waals surface area contributed by atoms with E-state index in [1.54, 1.807) is 0 Å². The minimum Gasteiger partial charge on any atom is -0.300 e. The smallest absolute Gasteiger partial charge is 0.269 e. The Balaban J connectivity index is 1.80. The summed E-state index contributed by atoms with van der Waals surface area (Å²) in [5, 5.41) is 13.1. The third-order valence-corrected chi connectivity index (χ3v) is 5.28. The van der Waals surface area contributed by atoms with Crippen LogP contribution in [0.15, 0.2) is 24.5 Å². The molecule has 0 aromatic carbocycles. The van der Waals surface area contributed by atoms with E-state index < -0.39 is 0 Å². The lowest BCUT2D eigenvalue weighted by Gasteiger charge is -1.98. The number of nitrogens with one attached hydrogen (secondary N) is 1. The third-order valence-electron chi connectivity index (χ3n) is 2.97. The highest BCUT2D eigenvalue weighted by Crippen LogP contribution is 2.25. The van der Waals surface area contributed by atoms with Crippen LogP contribution in [0.25, 0.3) is 5.13 Å². The topological polar surface area (TPSA) is 72.7 Å². The molecule has 0 aliphatic heterocycles. The summed E-state index contributed by atoms with van der Waals surface area (Å²) in [7, 11) is 0. The molecule has 0 radical (unpaired) electrons. The first-order valence-electron chi connectivity index (χ1n) is 6.80. The van der Waals surface area contributed by atoms with E-state index in [-0.39, 0.29) is 5.91 Å². The summed E-state index contributed by atoms with van der Waals surface area (Å²) >= 11 is 2.75. The van der Waals surface area contributed by atoms with Crippen molar-refractivity contribution in [1.29, 1.82) is 0 Å². The summed E-state index contributed by atoms with van der Waals surface area (Å²) in [6.07, 6.45) is 3.80. The van der Waals surface area contributed by atoms with Crippen LogP contribution in [0.2, 0.25) is 0 Å². The first-order chi connectivity index (χ1) is 10.5. The van der Waals surface area contributed by atoms with Crippen molar-refractivity contribution in [3.05, 3.63) is 40.1 Å². The zero-order valence-electron chi connectivity index (χ0n) is 12.4. The molecule has 0 saturated carbocycles. The Hall–Kier alpha value is -2.06. The fourth-order valence-electron chi connectivity index (χ4n) is 1.84. The quantitative estimate of drug-likeness (QED) is 0.793. The average Bonchev–Trinajstić information content (AvgIpc) is 3.16. The van der Waals surface area contributed by atoms with Crippen molar-refractivity contribution in [2.24, 2.45) is 0 Å². The molecule has 6 nitrogen and oxygen atoms in total. The van der Waals surface area contributed by atoms with Crippen molar-refractivity contribution in [1.82, 2.24) is 19.7 Å². The van der Waals surface area contributed by atoms with Gasteiger partial charge in [0.25, 0.3) is 5.91 Å². The van der Waals surface area contributed by atoms with Gasteiger partial charge in [0.05, 0.1) is 5.69 Å². The number of amides is 1. The predicted molar refractivity (Wildman–Crippen MR) is 88.1 cm³/mol. The third kappa shape index (κ3) is 2.93. The van der Waals surface area contributed by atoms with E-state index in [0.29, 0.717) is 21.6 Å². The molecular weight excluding hydrogens is 318 g/mol. The molecule has 1 N–H and O–H groups in total. The molecule has 0 unspecified atom stereocenters. The van der Waals surface area contributed by atoms with Crippen molar-refractivity contribution in [2.45, 2.75) is 26.7 Å². The van der Waals surface area contributed by atoms with E-state index in [1.165, 1.54) is 22.7 Å². The maximum atomic E-state index is 12.4. The monoisotopic (exact) mass is 333 g/mol. The molecule has 0 aliphatic rings. The van der Waals surface area contributed by atoms with E-state index in [9.17, 15) is 4.79 Å². The minimum absolute atomic E-state index is 0.195. The lowest BCUT2D eigenvalue weighted by atomic mass is 10.2. The van der Waals surface area contributed by atoms with Gasteiger partial charge in [-0.25, -0.2) is 4.98 Å². The number of aromatic nitrogens is 4. The summed E-state index contributed by atoms with van der Waals surface area (Å²) in [5.41, 5.74) is 0.708. The highest BCUT2D eigenvalue weighted by atomic mass is 32.1. The SMILES string of the molecule is Cc1nc(-n2cccc2)sc1C(=O)Nc1nnc(C(C)C)s1. The average molecular weight is 333 g/mol. The van der Waals surface area contributed by atoms with Gasteiger partial charge in [-0.05, 0) is 19.1 Å². The second kappa shape index (κ2) is 5.98. The van der Waals surface area contributed by atoms with Gasteiger partial charge < -0.3 is 4.57 Å². The normalized spacial score (nSPS) is 11.1. The van der Waals surface area contributed by atoms with Gasteiger partial charge in [-0.3, -0.25) is 10.1 Å². The van der Waals surface area contributed by atoms with Crippen LogP contribution in [0, 0.1) is 6.92 Å². The van der Waals surface area contributed by atoms with Crippen molar-refractivity contribution in [3.63, 3.8) is 0 Å². The number of anilines is 1. The molecule has 0 spiro atoms. The second-order valence-corrected chi connectivity index (χ2v) is 7.04. The van der Waals surface area contributed by atoms with E-state index in [0.717, 1.165) is 10.1 Å². The highest BCUT2D eigenvalue weighted by Gasteiger charge is 2.18. The van der Waals surface area contributed by atoms with Gasteiger partial charge in [-0.15, -0.1) is 10.2 Å². The number of carbonyl (C=O) groups is 1. The summed E-state index contributed by atoms with van der Waals surface area (Å²) < 4.78 is 1.89. The van der Waals surface area contributed by atoms with Gasteiger partial charge >= 0.3 is 0 Å². The van der Waals surface area contributed by atoms with Crippen molar-refractivity contribution in [3.8, 4) is 5.13 Å². The van der Waals surface area contributed by atoms with Crippen LogP contribution in [0.1, 0.15) is 40.1 Å². The van der Waals surface area contributed by atoms with E-state index >= 15 is 0 Å². The van der Waals surface area contributed by atoms with Crippen LogP contribution in [0.5, 0.6) is 0 Å². The van der Waals surface area contributed by atoms with Gasteiger partial charge in [-0.1, -0.05) is 36.5 Å². The molecule has 0 fully saturated rings. The Morgan fingerprint density at radius 3 is 2.59 bits per heavy atom. The van der Waals surface area contributed by atoms with E-state index in [1.807, 2.05) is 49.9 Å². The molecule has 22 heavy (non-hydrogen) atoms. The Morgan fingerprint density at radius 2 is 1.95 bits per heavy atom. The summed E-state index contributed by atoms with van der Waals surface area (Å²) in [6.45, 7) is 5.92. The van der Waals surface area contributed by atoms with Gasteiger partial charge in [-0.2, -0.15) is 0 Å². The van der Waals surface area contributed by atoms with Gasteiger partial charge in [0.15, 0.2) is 5.13 Å². The van der Waals surface area contributed by atoms with Gasteiger partial charge in [0, 0.05) is 18.3 Å². The Kier molecular flexibility index (Phi) is 4.04. The number of nitrogens with zero attached hydrogens (tertiary/aromatic N) is 4. The van der Waals surface area contributed by atoms with E-state index in [2.05, 4.69) is 20.5 Å². The molecule has 114 valence electrons. The van der Waals surface area contributed by atoms with Gasteiger partial charge in [0.2, 0.25) is 5.13 Å². The lowest BCUT2D eigenvalue weighted by molar-refractivity contribution is 0.102. The van der Waals surface area contributed by atoms with Gasteiger partial charge in [0.1, 0.15) is 9.88 Å². The first-order valence-corrected chi connectivity index (χ1v) is 8.43. The predicted octanol–water partition coefficient (Wildman–Crippen LogP) is 3.47. The number of thiazole rings is 1. The van der Waals surface area contributed by atoms with Crippen molar-refractivity contribution in [2.75, 3.05) is 5.32 Å². The highest BCUT2D eigenvalue weighted by molar-refractivity contribution is 7.17. The second-order valence-electron chi connectivity index (χ2n) is 5.06. The van der Waals surface area contributed by atoms with Crippen LogP contribution in [0.4, 0.5) is 5.13 Å². The fraction of sp³-hybridized carbons (Fsp3) is 0.286. The number of aryl methyl sites for hydroxylation is 1. The molecule has 3 aromatic heterocycles. The Bertz CT molecular complexity index is 788. The lowest BCUT2D eigenvalue weighted by Crippen LogP contribution is -2.11. The van der Waals surface area contributed by atoms with Crippen molar-refractivity contribution < 1.29 is 4.79 Å². The summed E-state index contributed by atoms with van der Waals surface area (Å²) in [4.78, 5) is 17.4. The summed E-state index contributed by atoms with van der Waals surface area (Å²) in [6, 6.07) is 3.84. The van der Waals surface area contributed by atoms with Crippen LogP contribution < -0.4 is 5.32 Å². The molecule has 3 aromatic rings. The molecule has 0 aliphatic carbocycles.